The molecule has 1 amide bonds. The summed E-state index contributed by atoms with van der Waals surface area (Å²) >= 11 is 6.03. The third kappa shape index (κ3) is 3.06. The van der Waals surface area contributed by atoms with E-state index in [4.69, 9.17) is 16.3 Å². The van der Waals surface area contributed by atoms with Crippen LogP contribution in [-0.2, 0) is 24.2 Å². The van der Waals surface area contributed by atoms with Crippen LogP contribution in [0.1, 0.15) is 23.4 Å². The monoisotopic (exact) mass is 320 g/mol. The topological polar surface area (TPSA) is 79.9 Å². The van der Waals surface area contributed by atoms with Gasteiger partial charge in [-0.15, -0.1) is 0 Å². The van der Waals surface area contributed by atoms with Crippen molar-refractivity contribution >= 4 is 17.5 Å². The number of carbonyl (C=O) groups excluding carboxylic acids is 1. The quantitative estimate of drug-likeness (QED) is 0.901. The average Bonchev–Trinajstić information content (AvgIpc) is 3.00. The normalized spacial score (nSPS) is 16.9. The second kappa shape index (κ2) is 6.36. The highest BCUT2D eigenvalue weighted by atomic mass is 35.5. The molecule has 7 heteroatoms. The van der Waals surface area contributed by atoms with Crippen LogP contribution in [0.2, 0.25) is 5.02 Å². The highest BCUT2D eigenvalue weighted by Crippen LogP contribution is 2.24. The number of hydrogen-bond acceptors (Lipinski definition) is 4. The Bertz CT molecular complexity index is 686. The van der Waals surface area contributed by atoms with Crippen LogP contribution in [0.15, 0.2) is 18.6 Å². The number of rotatable bonds is 4. The number of aromatic nitrogens is 3. The van der Waals surface area contributed by atoms with Crippen LogP contribution in [0.25, 0.3) is 0 Å². The molecule has 6 nitrogen and oxygen atoms in total. The number of aromatic amines is 1. The van der Waals surface area contributed by atoms with Gasteiger partial charge in [0.1, 0.15) is 5.02 Å². The molecule has 1 unspecified atom stereocenters. The standard InChI is InChI=1S/C15H17ClN4O2/c1-22-15-11(16)4-9(7-18-15)6-17-14(21)10-2-3-12-13(5-10)20-8-19-12/h4,7-8,10H,2-3,5-6H2,1H3,(H,17,21)(H,19,20). The summed E-state index contributed by atoms with van der Waals surface area (Å²) in [4.78, 5) is 23.7. The van der Waals surface area contributed by atoms with E-state index in [0.717, 1.165) is 29.8 Å². The van der Waals surface area contributed by atoms with Crippen molar-refractivity contribution in [1.82, 2.24) is 20.3 Å². The van der Waals surface area contributed by atoms with E-state index in [9.17, 15) is 4.79 Å². The predicted octanol–water partition coefficient (Wildman–Crippen LogP) is 1.89. The van der Waals surface area contributed by atoms with Crippen LogP contribution in [0.4, 0.5) is 0 Å². The molecule has 2 aromatic heterocycles. The summed E-state index contributed by atoms with van der Waals surface area (Å²) in [6.45, 7) is 0.405. The van der Waals surface area contributed by atoms with Gasteiger partial charge in [0.15, 0.2) is 0 Å². The summed E-state index contributed by atoms with van der Waals surface area (Å²) in [6, 6.07) is 1.75. The number of imidazole rings is 1. The zero-order chi connectivity index (χ0) is 15.5. The summed E-state index contributed by atoms with van der Waals surface area (Å²) < 4.78 is 5.01. The lowest BCUT2D eigenvalue weighted by molar-refractivity contribution is -0.125. The molecule has 22 heavy (non-hydrogen) atoms. The van der Waals surface area contributed by atoms with E-state index < -0.39 is 0 Å². The molecule has 0 radical (unpaired) electrons. The van der Waals surface area contributed by atoms with Crippen molar-refractivity contribution in [2.24, 2.45) is 5.92 Å². The number of nitrogens with one attached hydrogen (secondary N) is 2. The number of ether oxygens (including phenoxy) is 1. The van der Waals surface area contributed by atoms with Crippen LogP contribution >= 0.6 is 11.6 Å². The molecule has 0 bridgehead atoms. The SMILES string of the molecule is COc1ncc(CNC(=O)C2CCc3nc[nH]c3C2)cc1Cl. The number of aryl methyl sites for hydroxylation is 1. The Balaban J connectivity index is 1.58. The van der Waals surface area contributed by atoms with E-state index in [2.05, 4.69) is 20.3 Å². The molecule has 1 aliphatic carbocycles. The van der Waals surface area contributed by atoms with Gasteiger partial charge in [0, 0.05) is 30.8 Å². The van der Waals surface area contributed by atoms with Crippen molar-refractivity contribution in [3.8, 4) is 5.88 Å². The van der Waals surface area contributed by atoms with Gasteiger partial charge in [-0.05, 0) is 24.5 Å². The van der Waals surface area contributed by atoms with E-state index in [-0.39, 0.29) is 11.8 Å². The molecule has 116 valence electrons. The lowest BCUT2D eigenvalue weighted by Gasteiger charge is -2.20. The second-order valence-electron chi connectivity index (χ2n) is 5.32. The molecule has 0 fully saturated rings. The molecule has 2 N–H and O–H groups in total. The predicted molar refractivity (Wildman–Crippen MR) is 81.7 cm³/mol. The van der Waals surface area contributed by atoms with Crippen LogP contribution in [0, 0.1) is 5.92 Å². The zero-order valence-electron chi connectivity index (χ0n) is 12.2. The van der Waals surface area contributed by atoms with Crippen molar-refractivity contribution in [2.75, 3.05) is 7.11 Å². The Morgan fingerprint density at radius 2 is 2.41 bits per heavy atom. The first-order chi connectivity index (χ1) is 10.7. The second-order valence-corrected chi connectivity index (χ2v) is 5.73. The minimum Gasteiger partial charge on any atom is -0.480 e. The summed E-state index contributed by atoms with van der Waals surface area (Å²) in [5.74, 6) is 0.414. The van der Waals surface area contributed by atoms with E-state index in [1.807, 2.05) is 0 Å². The van der Waals surface area contributed by atoms with Crippen LogP contribution in [0.5, 0.6) is 5.88 Å². The molecule has 0 saturated carbocycles. The number of nitrogens with zero attached hydrogens (tertiary/aromatic N) is 2. The number of methoxy groups -OCH3 is 1. The van der Waals surface area contributed by atoms with Crippen molar-refractivity contribution in [1.29, 1.82) is 0 Å². The molecular formula is C15H17ClN4O2. The number of fused-ring (bicyclic) bond motifs is 1. The highest BCUT2D eigenvalue weighted by molar-refractivity contribution is 6.31. The van der Waals surface area contributed by atoms with Gasteiger partial charge >= 0.3 is 0 Å². The lowest BCUT2D eigenvalue weighted by atomic mass is 9.89. The Morgan fingerprint density at radius 1 is 1.55 bits per heavy atom. The minimum atomic E-state index is -0.0189. The van der Waals surface area contributed by atoms with E-state index >= 15 is 0 Å². The van der Waals surface area contributed by atoms with Crippen molar-refractivity contribution in [3.63, 3.8) is 0 Å². The summed E-state index contributed by atoms with van der Waals surface area (Å²) in [6.07, 6.45) is 5.72. The molecule has 0 aromatic carbocycles. The van der Waals surface area contributed by atoms with Gasteiger partial charge in [0.05, 0.1) is 19.1 Å². The number of pyridine rings is 1. The first kappa shape index (κ1) is 14.8. The smallest absolute Gasteiger partial charge is 0.232 e. The first-order valence-corrected chi connectivity index (χ1v) is 7.52. The highest BCUT2D eigenvalue weighted by Gasteiger charge is 2.25. The Hall–Kier alpha value is -2.08. The fourth-order valence-electron chi connectivity index (χ4n) is 2.67. The molecule has 1 atom stereocenters. The maximum absolute atomic E-state index is 12.3. The number of amides is 1. The largest absolute Gasteiger partial charge is 0.480 e. The lowest BCUT2D eigenvalue weighted by Crippen LogP contribution is -2.33. The van der Waals surface area contributed by atoms with Gasteiger partial charge < -0.3 is 15.0 Å². The number of H-pyrrole nitrogens is 1. The molecule has 2 aromatic rings. The number of halogens is 1. The molecular weight excluding hydrogens is 304 g/mol. The Kier molecular flexibility index (Phi) is 4.29. The van der Waals surface area contributed by atoms with Gasteiger partial charge in [0.2, 0.25) is 11.8 Å². The van der Waals surface area contributed by atoms with E-state index in [0.29, 0.717) is 23.9 Å². The number of carbonyl (C=O) groups is 1. The summed E-state index contributed by atoms with van der Waals surface area (Å²) in [5.41, 5.74) is 2.99. The van der Waals surface area contributed by atoms with Gasteiger partial charge in [-0.25, -0.2) is 9.97 Å². The van der Waals surface area contributed by atoms with Gasteiger partial charge in [-0.1, -0.05) is 11.6 Å². The molecule has 3 rings (SSSR count). The molecule has 0 aliphatic heterocycles. The Morgan fingerprint density at radius 3 is 3.18 bits per heavy atom. The molecule has 0 spiro atoms. The minimum absolute atomic E-state index is 0.0189. The molecule has 2 heterocycles. The third-order valence-corrected chi connectivity index (χ3v) is 4.15. The maximum Gasteiger partial charge on any atom is 0.232 e. The summed E-state index contributed by atoms with van der Waals surface area (Å²) in [5, 5.41) is 3.38. The first-order valence-electron chi connectivity index (χ1n) is 7.14. The van der Waals surface area contributed by atoms with Gasteiger partial charge in [0.25, 0.3) is 0 Å². The van der Waals surface area contributed by atoms with Crippen LogP contribution < -0.4 is 10.1 Å². The third-order valence-electron chi connectivity index (χ3n) is 3.88. The van der Waals surface area contributed by atoms with Gasteiger partial charge in [-0.2, -0.15) is 0 Å². The fourth-order valence-corrected chi connectivity index (χ4v) is 2.94. The zero-order valence-corrected chi connectivity index (χ0v) is 13.0. The average molecular weight is 321 g/mol. The van der Waals surface area contributed by atoms with Crippen molar-refractivity contribution in [2.45, 2.75) is 25.8 Å². The molecule has 1 aliphatic rings. The van der Waals surface area contributed by atoms with E-state index in [1.165, 1.54) is 7.11 Å². The number of hydrogen-bond donors (Lipinski definition) is 2. The van der Waals surface area contributed by atoms with E-state index in [1.54, 1.807) is 18.6 Å². The maximum atomic E-state index is 12.3. The molecule has 0 saturated heterocycles. The van der Waals surface area contributed by atoms with Crippen LogP contribution in [0.3, 0.4) is 0 Å². The van der Waals surface area contributed by atoms with Gasteiger partial charge in [-0.3, -0.25) is 4.79 Å². The van der Waals surface area contributed by atoms with Crippen molar-refractivity contribution < 1.29 is 9.53 Å². The summed E-state index contributed by atoms with van der Waals surface area (Å²) in [7, 11) is 1.52. The van der Waals surface area contributed by atoms with Crippen molar-refractivity contribution in [3.05, 3.63) is 40.6 Å². The van der Waals surface area contributed by atoms with Crippen LogP contribution in [-0.4, -0.2) is 28.0 Å². The fraction of sp³-hybridized carbons (Fsp3) is 0.400. The Labute approximate surface area is 133 Å².